The molecule has 47 heavy (non-hydrogen) atoms. The van der Waals surface area contributed by atoms with Crippen LogP contribution in [0.25, 0.3) is 0 Å². The maximum atomic E-state index is 5.44. The summed E-state index contributed by atoms with van der Waals surface area (Å²) in [5, 5.41) is 3.49. The topological polar surface area (TPSA) is 40.2 Å². The molecule has 2 atom stereocenters. The van der Waals surface area contributed by atoms with Gasteiger partial charge in [-0.1, -0.05) is 26.0 Å². The molecule has 2 aromatic rings. The Kier molecular flexibility index (Phi) is 14.3. The fourth-order valence-electron chi connectivity index (χ4n) is 8.70. The summed E-state index contributed by atoms with van der Waals surface area (Å²) in [5.74, 6) is 3.78. The molecule has 1 N–H and O–H groups in total. The zero-order chi connectivity index (χ0) is 33.0. The fourth-order valence-corrected chi connectivity index (χ4v) is 8.70. The second-order valence-corrected chi connectivity index (χ2v) is 15.0. The van der Waals surface area contributed by atoms with E-state index >= 15 is 0 Å². The molecule has 0 aromatic heterocycles. The van der Waals surface area contributed by atoms with Crippen LogP contribution < -0.4 is 14.8 Å². The summed E-state index contributed by atoms with van der Waals surface area (Å²) in [5.41, 5.74) is 6.07. The van der Waals surface area contributed by atoms with E-state index in [0.29, 0.717) is 12.1 Å². The molecule has 0 saturated carbocycles. The van der Waals surface area contributed by atoms with Gasteiger partial charge in [0, 0.05) is 25.2 Å². The molecule has 2 aromatic carbocycles. The zero-order valence-corrected chi connectivity index (χ0v) is 30.6. The van der Waals surface area contributed by atoms with Gasteiger partial charge in [0.15, 0.2) is 0 Å². The summed E-state index contributed by atoms with van der Waals surface area (Å²) in [4.78, 5) is 8.07. The number of benzene rings is 2. The van der Waals surface area contributed by atoms with Crippen molar-refractivity contribution in [3.05, 3.63) is 58.7 Å². The summed E-state index contributed by atoms with van der Waals surface area (Å²) in [6.45, 7) is 14.7. The zero-order valence-electron chi connectivity index (χ0n) is 30.6. The first-order valence-electron chi connectivity index (χ1n) is 19.2. The summed E-state index contributed by atoms with van der Waals surface area (Å²) in [6.07, 6.45) is 15.4. The molecule has 0 radical (unpaired) electrons. The van der Waals surface area contributed by atoms with E-state index in [9.17, 15) is 0 Å². The third-order valence-electron chi connectivity index (χ3n) is 11.6. The van der Waals surface area contributed by atoms with Crippen molar-refractivity contribution in [3.63, 3.8) is 0 Å². The second-order valence-electron chi connectivity index (χ2n) is 15.0. The summed E-state index contributed by atoms with van der Waals surface area (Å²) in [6, 6.07) is 14.7. The van der Waals surface area contributed by atoms with Crippen LogP contribution in [0, 0.1) is 11.8 Å². The summed E-state index contributed by atoms with van der Waals surface area (Å²) < 4.78 is 10.9. The molecule has 6 heteroatoms. The van der Waals surface area contributed by atoms with Gasteiger partial charge in [-0.3, -0.25) is 9.80 Å². The molecule has 2 aliphatic carbocycles. The molecule has 6 nitrogen and oxygen atoms in total. The van der Waals surface area contributed by atoms with E-state index in [1.807, 2.05) is 0 Å². The Morgan fingerprint density at radius 3 is 1.57 bits per heavy atom. The SMILES string of the molecule is CCCN(CC1CCN(C)CC1)C1CCc2ccc(OC)cc2C1.CCCN(CC1CCNCC1)C1CCc2ccc(OC)cc2C1. The number of fused-ring (bicyclic) bond motifs is 2. The molecular formula is C41H66N4O2. The Morgan fingerprint density at radius 2 is 1.13 bits per heavy atom. The van der Waals surface area contributed by atoms with Crippen LogP contribution in [0.4, 0.5) is 0 Å². The average Bonchev–Trinajstić information content (AvgIpc) is 3.12. The smallest absolute Gasteiger partial charge is 0.119 e. The van der Waals surface area contributed by atoms with Gasteiger partial charge in [-0.25, -0.2) is 0 Å². The molecule has 262 valence electrons. The van der Waals surface area contributed by atoms with Crippen molar-refractivity contribution in [3.8, 4) is 11.5 Å². The van der Waals surface area contributed by atoms with Crippen LogP contribution >= 0.6 is 0 Å². The molecule has 2 saturated heterocycles. The van der Waals surface area contributed by atoms with E-state index in [2.05, 4.69) is 77.3 Å². The number of hydrogen-bond acceptors (Lipinski definition) is 6. The Hall–Kier alpha value is -2.12. The number of hydrogen-bond donors (Lipinski definition) is 1. The van der Waals surface area contributed by atoms with Crippen molar-refractivity contribution in [1.29, 1.82) is 0 Å². The number of nitrogens with zero attached hydrogens (tertiary/aromatic N) is 3. The van der Waals surface area contributed by atoms with Crippen LogP contribution in [-0.4, -0.2) is 100 Å². The number of rotatable bonds is 12. The van der Waals surface area contributed by atoms with Crippen molar-refractivity contribution >= 4 is 0 Å². The minimum Gasteiger partial charge on any atom is -0.497 e. The molecule has 0 amide bonds. The molecule has 2 fully saturated rings. The lowest BCUT2D eigenvalue weighted by molar-refractivity contribution is 0.119. The van der Waals surface area contributed by atoms with E-state index in [4.69, 9.17) is 9.47 Å². The van der Waals surface area contributed by atoms with Crippen LogP contribution in [0.2, 0.25) is 0 Å². The van der Waals surface area contributed by atoms with E-state index in [1.54, 1.807) is 14.2 Å². The largest absolute Gasteiger partial charge is 0.497 e. The van der Waals surface area contributed by atoms with Gasteiger partial charge in [-0.15, -0.1) is 0 Å². The molecule has 2 aliphatic heterocycles. The van der Waals surface area contributed by atoms with E-state index in [1.165, 1.54) is 152 Å². The van der Waals surface area contributed by atoms with E-state index < -0.39 is 0 Å². The molecule has 4 aliphatic rings. The highest BCUT2D eigenvalue weighted by atomic mass is 16.5. The van der Waals surface area contributed by atoms with Gasteiger partial charge in [0.2, 0.25) is 0 Å². The second kappa shape index (κ2) is 18.6. The van der Waals surface area contributed by atoms with Gasteiger partial charge in [0.05, 0.1) is 14.2 Å². The Bertz CT molecular complexity index is 1210. The standard InChI is InChI=1S/C21H34N2O.C20H32N2O/c1-4-11-23(16-17-9-12-22(2)13-10-17)20-7-5-18-6-8-21(24-3)15-19(18)14-20;1-3-12-22(15-16-8-10-21-11-9-16)19-6-4-17-5-7-20(23-2)14-18(17)13-19/h6,8,15,17,20H,4-5,7,9-14,16H2,1-3H3;5,7,14,16,19,21H,3-4,6,8-13,15H2,1-2H3. The van der Waals surface area contributed by atoms with Crippen LogP contribution in [0.1, 0.15) is 87.5 Å². The van der Waals surface area contributed by atoms with E-state index in [-0.39, 0.29) is 0 Å². The van der Waals surface area contributed by atoms with Crippen molar-refractivity contribution < 1.29 is 9.47 Å². The molecule has 2 heterocycles. The number of methoxy groups -OCH3 is 2. The maximum absolute atomic E-state index is 5.44. The maximum Gasteiger partial charge on any atom is 0.119 e. The lowest BCUT2D eigenvalue weighted by atomic mass is 9.86. The van der Waals surface area contributed by atoms with Gasteiger partial charge in [0.25, 0.3) is 0 Å². The minimum atomic E-state index is 0.712. The van der Waals surface area contributed by atoms with Crippen molar-refractivity contribution in [2.75, 3.05) is 73.6 Å². The molecule has 6 rings (SSSR count). The quantitative estimate of drug-likeness (QED) is 0.272. The minimum absolute atomic E-state index is 0.712. The third kappa shape index (κ3) is 10.4. The van der Waals surface area contributed by atoms with Crippen molar-refractivity contribution in [2.45, 2.75) is 103 Å². The summed E-state index contributed by atoms with van der Waals surface area (Å²) >= 11 is 0. The molecule has 0 bridgehead atoms. The highest BCUT2D eigenvalue weighted by Crippen LogP contribution is 2.31. The Labute approximate surface area is 287 Å². The highest BCUT2D eigenvalue weighted by molar-refractivity contribution is 5.39. The Balaban J connectivity index is 0.000000185. The van der Waals surface area contributed by atoms with Crippen LogP contribution in [0.15, 0.2) is 36.4 Å². The number of likely N-dealkylation sites (tertiary alicyclic amines) is 1. The van der Waals surface area contributed by atoms with E-state index in [0.717, 1.165) is 23.3 Å². The normalized spacial score (nSPS) is 22.4. The van der Waals surface area contributed by atoms with Crippen molar-refractivity contribution in [1.82, 2.24) is 20.0 Å². The molecule has 2 unspecified atom stereocenters. The van der Waals surface area contributed by atoms with Gasteiger partial charge < -0.3 is 19.7 Å². The Morgan fingerprint density at radius 1 is 0.660 bits per heavy atom. The highest BCUT2D eigenvalue weighted by Gasteiger charge is 2.28. The summed E-state index contributed by atoms with van der Waals surface area (Å²) in [7, 11) is 5.79. The fraction of sp³-hybridized carbons (Fsp3) is 0.707. The van der Waals surface area contributed by atoms with Crippen molar-refractivity contribution in [2.24, 2.45) is 11.8 Å². The predicted molar refractivity (Wildman–Crippen MR) is 197 cm³/mol. The average molecular weight is 647 g/mol. The van der Waals surface area contributed by atoms with Gasteiger partial charge in [-0.2, -0.15) is 0 Å². The molecule has 0 spiro atoms. The third-order valence-corrected chi connectivity index (χ3v) is 11.6. The first-order valence-corrected chi connectivity index (χ1v) is 19.2. The molecular weight excluding hydrogens is 580 g/mol. The van der Waals surface area contributed by atoms with Crippen LogP contribution in [0.3, 0.4) is 0 Å². The first-order chi connectivity index (χ1) is 23.0. The van der Waals surface area contributed by atoms with Gasteiger partial charge >= 0.3 is 0 Å². The number of ether oxygens (including phenoxy) is 2. The van der Waals surface area contributed by atoms with Crippen LogP contribution in [-0.2, 0) is 25.7 Å². The predicted octanol–water partition coefficient (Wildman–Crippen LogP) is 6.87. The van der Waals surface area contributed by atoms with Gasteiger partial charge in [0.1, 0.15) is 11.5 Å². The lowest BCUT2D eigenvalue weighted by Crippen LogP contribution is -2.44. The lowest BCUT2D eigenvalue weighted by Gasteiger charge is -2.39. The number of aryl methyl sites for hydroxylation is 2. The van der Waals surface area contributed by atoms with Crippen LogP contribution in [0.5, 0.6) is 11.5 Å². The number of nitrogens with one attached hydrogen (secondary N) is 1. The number of piperidine rings is 2. The first kappa shape index (κ1) is 36.2. The monoisotopic (exact) mass is 647 g/mol. The van der Waals surface area contributed by atoms with Gasteiger partial charge in [-0.05, 0) is 182 Å².